The highest BCUT2D eigenvalue weighted by Crippen LogP contribution is 2.30. The van der Waals surface area contributed by atoms with Gasteiger partial charge in [0.1, 0.15) is 5.69 Å². The van der Waals surface area contributed by atoms with Crippen LogP contribution in [0.15, 0.2) is 11.2 Å². The van der Waals surface area contributed by atoms with Crippen molar-refractivity contribution in [2.75, 3.05) is 18.1 Å². The molecule has 1 aliphatic carbocycles. The zero-order valence-corrected chi connectivity index (χ0v) is 12.2. The minimum absolute atomic E-state index is 0.00945. The average Bonchev–Trinajstić information content (AvgIpc) is 2.53. The van der Waals surface area contributed by atoms with Gasteiger partial charge in [0.15, 0.2) is 5.84 Å². The van der Waals surface area contributed by atoms with Crippen molar-refractivity contribution in [3.8, 4) is 0 Å². The van der Waals surface area contributed by atoms with E-state index in [9.17, 15) is 0 Å². The van der Waals surface area contributed by atoms with E-state index in [1.54, 1.807) is 6.07 Å². The number of hydrogen-bond acceptors (Lipinski definition) is 6. The third kappa shape index (κ3) is 2.78. The number of rotatable bonds is 2. The van der Waals surface area contributed by atoms with Crippen molar-refractivity contribution in [1.82, 2.24) is 9.97 Å². The Morgan fingerprint density at radius 1 is 1.43 bits per heavy atom. The molecule has 7 nitrogen and oxygen atoms in total. The van der Waals surface area contributed by atoms with Crippen LogP contribution in [0.4, 0.5) is 5.95 Å². The number of nitrogens with two attached hydrogens (primary N) is 1. The fraction of sp³-hybridized carbons (Fsp3) is 0.643. The van der Waals surface area contributed by atoms with Gasteiger partial charge in [-0.25, -0.2) is 9.97 Å². The molecule has 2 aliphatic rings. The van der Waals surface area contributed by atoms with E-state index < -0.39 is 0 Å². The number of hydrogen-bond donors (Lipinski definition) is 2. The van der Waals surface area contributed by atoms with Gasteiger partial charge in [0.2, 0.25) is 5.95 Å². The van der Waals surface area contributed by atoms with Crippen LogP contribution in [0.3, 0.4) is 0 Å². The van der Waals surface area contributed by atoms with Gasteiger partial charge >= 0.3 is 0 Å². The molecule has 0 radical (unpaired) electrons. The molecule has 2 heterocycles. The molecule has 3 N–H and O–H groups in total. The number of fused-ring (bicyclic) bond motifs is 1. The SMILES string of the molecule is Cc1cc(/C(N)=N/O)nc(N2CCOC3CCCCC32)n1. The van der Waals surface area contributed by atoms with Crippen LogP contribution in [0.25, 0.3) is 0 Å². The zero-order valence-electron chi connectivity index (χ0n) is 12.2. The first-order valence-electron chi connectivity index (χ1n) is 7.41. The van der Waals surface area contributed by atoms with E-state index in [2.05, 4.69) is 20.0 Å². The van der Waals surface area contributed by atoms with Gasteiger partial charge in [-0.05, 0) is 25.8 Å². The number of anilines is 1. The van der Waals surface area contributed by atoms with Crippen LogP contribution in [0.1, 0.15) is 37.1 Å². The second-order valence-corrected chi connectivity index (χ2v) is 5.63. The van der Waals surface area contributed by atoms with Crippen molar-refractivity contribution in [2.24, 2.45) is 10.9 Å². The monoisotopic (exact) mass is 291 g/mol. The molecule has 1 aromatic heterocycles. The second kappa shape index (κ2) is 5.85. The van der Waals surface area contributed by atoms with Crippen molar-refractivity contribution in [3.63, 3.8) is 0 Å². The molecule has 0 spiro atoms. The number of aromatic nitrogens is 2. The molecule has 1 aliphatic heterocycles. The molecule has 1 saturated heterocycles. The highest BCUT2D eigenvalue weighted by molar-refractivity contribution is 5.95. The predicted molar refractivity (Wildman–Crippen MR) is 78.6 cm³/mol. The molecule has 0 bridgehead atoms. The maximum absolute atomic E-state index is 8.84. The molecule has 7 heteroatoms. The molecule has 2 fully saturated rings. The van der Waals surface area contributed by atoms with E-state index in [0.29, 0.717) is 24.3 Å². The first kappa shape index (κ1) is 14.1. The summed E-state index contributed by atoms with van der Waals surface area (Å²) in [7, 11) is 0. The van der Waals surface area contributed by atoms with Crippen molar-refractivity contribution in [2.45, 2.75) is 44.8 Å². The van der Waals surface area contributed by atoms with E-state index in [-0.39, 0.29) is 11.9 Å². The Bertz CT molecular complexity index is 546. The maximum atomic E-state index is 8.84. The van der Waals surface area contributed by atoms with Crippen molar-refractivity contribution >= 4 is 11.8 Å². The lowest BCUT2D eigenvalue weighted by atomic mass is 9.90. The van der Waals surface area contributed by atoms with Crippen LogP contribution >= 0.6 is 0 Å². The summed E-state index contributed by atoms with van der Waals surface area (Å²) in [5, 5.41) is 11.9. The number of amidine groups is 1. The normalized spacial score (nSPS) is 26.5. The number of morpholine rings is 1. The Morgan fingerprint density at radius 3 is 3.05 bits per heavy atom. The summed E-state index contributed by atoms with van der Waals surface area (Å²) in [6.07, 6.45) is 4.89. The minimum atomic E-state index is 0.00945. The van der Waals surface area contributed by atoms with E-state index in [1.165, 1.54) is 12.8 Å². The number of aryl methyl sites for hydroxylation is 1. The quantitative estimate of drug-likeness (QED) is 0.365. The summed E-state index contributed by atoms with van der Waals surface area (Å²) in [6.45, 7) is 3.36. The van der Waals surface area contributed by atoms with Crippen LogP contribution in [0.2, 0.25) is 0 Å². The fourth-order valence-corrected chi connectivity index (χ4v) is 3.21. The Labute approximate surface area is 123 Å². The summed E-state index contributed by atoms with van der Waals surface area (Å²) in [5.74, 6) is 0.659. The smallest absolute Gasteiger partial charge is 0.226 e. The molecule has 3 rings (SSSR count). The predicted octanol–water partition coefficient (Wildman–Crippen LogP) is 1.03. The largest absolute Gasteiger partial charge is 0.409 e. The van der Waals surface area contributed by atoms with Crippen LogP contribution < -0.4 is 10.6 Å². The Hall–Kier alpha value is -1.89. The van der Waals surface area contributed by atoms with Crippen LogP contribution in [-0.4, -0.2) is 46.3 Å². The Kier molecular flexibility index (Phi) is 3.92. The van der Waals surface area contributed by atoms with Gasteiger partial charge in [-0.15, -0.1) is 0 Å². The Balaban J connectivity index is 1.93. The number of ether oxygens (including phenoxy) is 1. The van der Waals surface area contributed by atoms with Crippen molar-refractivity contribution < 1.29 is 9.94 Å². The molecule has 0 amide bonds. The Morgan fingerprint density at radius 2 is 2.24 bits per heavy atom. The molecular formula is C14H21N5O2. The van der Waals surface area contributed by atoms with Gasteiger partial charge in [0.25, 0.3) is 0 Å². The van der Waals surface area contributed by atoms with E-state index in [4.69, 9.17) is 15.7 Å². The standard InChI is InChI=1S/C14H21N5O2/c1-9-8-10(13(15)18-20)17-14(16-9)19-6-7-21-12-5-3-2-4-11(12)19/h8,11-12,20H,2-7H2,1H3,(H2,15,18). The number of nitrogens with zero attached hydrogens (tertiary/aromatic N) is 4. The number of oxime groups is 1. The topological polar surface area (TPSA) is 96.9 Å². The zero-order chi connectivity index (χ0) is 14.8. The molecule has 114 valence electrons. The lowest BCUT2D eigenvalue weighted by Crippen LogP contribution is -2.53. The molecule has 1 aromatic rings. The van der Waals surface area contributed by atoms with Crippen molar-refractivity contribution in [3.05, 3.63) is 17.5 Å². The third-order valence-electron chi connectivity index (χ3n) is 4.20. The average molecular weight is 291 g/mol. The highest BCUT2D eigenvalue weighted by atomic mass is 16.5. The lowest BCUT2D eigenvalue weighted by Gasteiger charge is -2.43. The van der Waals surface area contributed by atoms with Crippen molar-refractivity contribution in [1.29, 1.82) is 0 Å². The third-order valence-corrected chi connectivity index (χ3v) is 4.20. The molecule has 21 heavy (non-hydrogen) atoms. The highest BCUT2D eigenvalue weighted by Gasteiger charge is 2.35. The summed E-state index contributed by atoms with van der Waals surface area (Å²) in [6, 6.07) is 2.05. The molecule has 0 aromatic carbocycles. The first-order valence-corrected chi connectivity index (χ1v) is 7.41. The van der Waals surface area contributed by atoms with E-state index >= 15 is 0 Å². The van der Waals surface area contributed by atoms with Gasteiger partial charge in [-0.2, -0.15) is 0 Å². The summed E-state index contributed by atoms with van der Waals surface area (Å²) < 4.78 is 5.88. The van der Waals surface area contributed by atoms with Gasteiger partial charge in [0, 0.05) is 12.2 Å². The van der Waals surface area contributed by atoms with Gasteiger partial charge in [-0.1, -0.05) is 18.0 Å². The van der Waals surface area contributed by atoms with E-state index in [0.717, 1.165) is 25.1 Å². The minimum Gasteiger partial charge on any atom is -0.409 e. The summed E-state index contributed by atoms with van der Waals surface area (Å²) >= 11 is 0. The first-order chi connectivity index (χ1) is 10.2. The molecular weight excluding hydrogens is 270 g/mol. The lowest BCUT2D eigenvalue weighted by molar-refractivity contribution is -0.00933. The maximum Gasteiger partial charge on any atom is 0.226 e. The van der Waals surface area contributed by atoms with E-state index in [1.807, 2.05) is 6.92 Å². The second-order valence-electron chi connectivity index (χ2n) is 5.63. The summed E-state index contributed by atoms with van der Waals surface area (Å²) in [5.41, 5.74) is 6.92. The molecule has 1 saturated carbocycles. The fourth-order valence-electron chi connectivity index (χ4n) is 3.21. The van der Waals surface area contributed by atoms with Gasteiger partial charge in [-0.3, -0.25) is 0 Å². The van der Waals surface area contributed by atoms with Crippen LogP contribution in [-0.2, 0) is 4.74 Å². The van der Waals surface area contributed by atoms with Gasteiger partial charge < -0.3 is 20.6 Å². The van der Waals surface area contributed by atoms with Crippen LogP contribution in [0.5, 0.6) is 0 Å². The molecule has 2 unspecified atom stereocenters. The molecule has 2 atom stereocenters. The van der Waals surface area contributed by atoms with Gasteiger partial charge in [0.05, 0.1) is 18.8 Å². The van der Waals surface area contributed by atoms with Crippen LogP contribution in [0, 0.1) is 6.92 Å². The summed E-state index contributed by atoms with van der Waals surface area (Å²) in [4.78, 5) is 11.2.